The molecule has 0 aliphatic heterocycles. The first-order valence-electron chi connectivity index (χ1n) is 6.94. The maximum Gasteiger partial charge on any atom is 0.222 e. The number of nitrogens with one attached hydrogen (secondary N) is 3. The van der Waals surface area contributed by atoms with Crippen LogP contribution in [0.15, 0.2) is 12.4 Å². The van der Waals surface area contributed by atoms with Gasteiger partial charge in [0, 0.05) is 37.6 Å². The molecule has 0 aliphatic rings. The molecule has 0 unspecified atom stereocenters. The van der Waals surface area contributed by atoms with Crippen LogP contribution in [0, 0.1) is 0 Å². The molecule has 1 aromatic rings. The minimum Gasteiger partial charge on any atom is -0.395 e. The molecule has 0 amide bonds. The Morgan fingerprint density at radius 1 is 1.05 bits per heavy atom. The molecule has 0 aliphatic carbocycles. The van der Waals surface area contributed by atoms with Crippen molar-refractivity contribution in [1.82, 2.24) is 20.6 Å². The van der Waals surface area contributed by atoms with Crippen LogP contribution >= 0.6 is 0 Å². The van der Waals surface area contributed by atoms with Crippen molar-refractivity contribution < 1.29 is 5.11 Å². The van der Waals surface area contributed by atoms with E-state index in [9.17, 15) is 0 Å². The van der Waals surface area contributed by atoms with E-state index in [4.69, 9.17) is 5.11 Å². The zero-order valence-corrected chi connectivity index (χ0v) is 11.7. The second kappa shape index (κ2) is 10.7. The number of nitrogens with zero attached hydrogens (tertiary/aromatic N) is 2. The molecule has 6 nitrogen and oxygen atoms in total. The minimum absolute atomic E-state index is 0.198. The standard InChI is InChI=1S/C13H25N5O/c1-2-4-16-13-17-10-12(11-18-13)9-15-6-3-5-14-7-8-19/h10-11,14-15,19H,2-9H2,1H3,(H,16,17,18). The summed E-state index contributed by atoms with van der Waals surface area (Å²) in [5.74, 6) is 0.693. The van der Waals surface area contributed by atoms with Gasteiger partial charge in [0.05, 0.1) is 6.61 Å². The molecule has 0 spiro atoms. The van der Waals surface area contributed by atoms with Crippen molar-refractivity contribution in [2.75, 3.05) is 38.1 Å². The summed E-state index contributed by atoms with van der Waals surface area (Å²) >= 11 is 0. The summed E-state index contributed by atoms with van der Waals surface area (Å²) < 4.78 is 0. The number of aromatic nitrogens is 2. The van der Waals surface area contributed by atoms with Crippen molar-refractivity contribution in [2.45, 2.75) is 26.3 Å². The lowest BCUT2D eigenvalue weighted by Gasteiger charge is -2.06. The first kappa shape index (κ1) is 15.8. The van der Waals surface area contributed by atoms with Gasteiger partial charge in [-0.3, -0.25) is 0 Å². The summed E-state index contributed by atoms with van der Waals surface area (Å²) in [7, 11) is 0. The first-order valence-corrected chi connectivity index (χ1v) is 6.94. The number of aliphatic hydroxyl groups excluding tert-OH is 1. The minimum atomic E-state index is 0.198. The average Bonchev–Trinajstić information content (AvgIpc) is 2.45. The molecule has 0 radical (unpaired) electrons. The van der Waals surface area contributed by atoms with E-state index in [1.54, 1.807) is 0 Å². The van der Waals surface area contributed by atoms with Gasteiger partial charge in [0.25, 0.3) is 0 Å². The molecular formula is C13H25N5O. The second-order valence-corrected chi connectivity index (χ2v) is 4.35. The smallest absolute Gasteiger partial charge is 0.222 e. The molecule has 4 N–H and O–H groups in total. The summed E-state index contributed by atoms with van der Waals surface area (Å²) in [5.41, 5.74) is 1.09. The van der Waals surface area contributed by atoms with Crippen molar-refractivity contribution in [2.24, 2.45) is 0 Å². The predicted molar refractivity (Wildman–Crippen MR) is 77.1 cm³/mol. The van der Waals surface area contributed by atoms with Crippen LogP contribution in [0.3, 0.4) is 0 Å². The van der Waals surface area contributed by atoms with Gasteiger partial charge in [0.15, 0.2) is 0 Å². The van der Waals surface area contributed by atoms with Gasteiger partial charge in [-0.05, 0) is 25.9 Å². The molecule has 0 aromatic carbocycles. The fraction of sp³-hybridized carbons (Fsp3) is 0.692. The largest absolute Gasteiger partial charge is 0.395 e. The van der Waals surface area contributed by atoms with Gasteiger partial charge in [-0.2, -0.15) is 0 Å². The molecule has 1 heterocycles. The van der Waals surface area contributed by atoms with Crippen molar-refractivity contribution in [3.8, 4) is 0 Å². The van der Waals surface area contributed by atoms with Gasteiger partial charge >= 0.3 is 0 Å². The van der Waals surface area contributed by atoms with Gasteiger partial charge in [-0.25, -0.2) is 9.97 Å². The molecule has 0 fully saturated rings. The van der Waals surface area contributed by atoms with E-state index >= 15 is 0 Å². The lowest BCUT2D eigenvalue weighted by atomic mass is 10.3. The third-order valence-electron chi connectivity index (χ3n) is 2.56. The van der Waals surface area contributed by atoms with Gasteiger partial charge < -0.3 is 21.1 Å². The number of hydrogen-bond donors (Lipinski definition) is 4. The quantitative estimate of drug-likeness (QED) is 0.433. The first-order chi connectivity index (χ1) is 9.36. The molecule has 1 rings (SSSR count). The zero-order chi connectivity index (χ0) is 13.8. The third kappa shape index (κ3) is 7.71. The van der Waals surface area contributed by atoms with Crippen LogP contribution in [0.2, 0.25) is 0 Å². The van der Waals surface area contributed by atoms with Crippen LogP contribution in [0.25, 0.3) is 0 Å². The molecule has 19 heavy (non-hydrogen) atoms. The fourth-order valence-corrected chi connectivity index (χ4v) is 1.55. The van der Waals surface area contributed by atoms with E-state index in [-0.39, 0.29) is 6.61 Å². The molecule has 0 saturated carbocycles. The lowest BCUT2D eigenvalue weighted by molar-refractivity contribution is 0.292. The number of aliphatic hydroxyl groups is 1. The monoisotopic (exact) mass is 267 g/mol. The highest BCUT2D eigenvalue weighted by Crippen LogP contribution is 1.99. The maximum atomic E-state index is 8.60. The van der Waals surface area contributed by atoms with E-state index in [1.807, 2.05) is 12.4 Å². The summed E-state index contributed by atoms with van der Waals surface area (Å²) in [6.45, 7) is 6.52. The van der Waals surface area contributed by atoms with Gasteiger partial charge in [-0.1, -0.05) is 6.92 Å². The molecule has 1 aromatic heterocycles. The Hall–Kier alpha value is -1.24. The van der Waals surface area contributed by atoms with E-state index in [0.29, 0.717) is 12.5 Å². The van der Waals surface area contributed by atoms with Crippen LogP contribution in [-0.2, 0) is 6.54 Å². The number of hydrogen-bond acceptors (Lipinski definition) is 6. The summed E-state index contributed by atoms with van der Waals surface area (Å²) in [4.78, 5) is 8.51. The Bertz CT molecular complexity index is 317. The van der Waals surface area contributed by atoms with Crippen molar-refractivity contribution in [3.63, 3.8) is 0 Å². The third-order valence-corrected chi connectivity index (χ3v) is 2.56. The van der Waals surface area contributed by atoms with E-state index in [1.165, 1.54) is 0 Å². The average molecular weight is 267 g/mol. The zero-order valence-electron chi connectivity index (χ0n) is 11.7. The Kier molecular flexibility index (Phi) is 8.87. The lowest BCUT2D eigenvalue weighted by Crippen LogP contribution is -2.24. The Balaban J connectivity index is 2.09. The van der Waals surface area contributed by atoms with Gasteiger partial charge in [-0.15, -0.1) is 0 Å². The molecular weight excluding hydrogens is 242 g/mol. The summed E-state index contributed by atoms with van der Waals surface area (Å²) in [6.07, 6.45) is 5.80. The predicted octanol–water partition coefficient (Wildman–Crippen LogP) is 0.360. The van der Waals surface area contributed by atoms with Crippen LogP contribution in [-0.4, -0.2) is 47.9 Å². The Morgan fingerprint density at radius 3 is 2.47 bits per heavy atom. The number of rotatable bonds is 11. The molecule has 0 saturated heterocycles. The van der Waals surface area contributed by atoms with Crippen LogP contribution < -0.4 is 16.0 Å². The Morgan fingerprint density at radius 2 is 1.79 bits per heavy atom. The van der Waals surface area contributed by atoms with Crippen LogP contribution in [0.1, 0.15) is 25.3 Å². The molecule has 108 valence electrons. The highest BCUT2D eigenvalue weighted by Gasteiger charge is 1.96. The highest BCUT2D eigenvalue weighted by atomic mass is 16.3. The summed E-state index contributed by atoms with van der Waals surface area (Å²) in [5, 5.41) is 18.2. The molecule has 0 atom stereocenters. The maximum absolute atomic E-state index is 8.60. The van der Waals surface area contributed by atoms with Crippen molar-refractivity contribution >= 4 is 5.95 Å². The SMILES string of the molecule is CCCNc1ncc(CNCCCNCCO)cn1. The van der Waals surface area contributed by atoms with Gasteiger partial charge in [0.1, 0.15) is 0 Å². The number of anilines is 1. The van der Waals surface area contributed by atoms with E-state index in [2.05, 4.69) is 32.8 Å². The normalized spacial score (nSPS) is 10.6. The van der Waals surface area contributed by atoms with Crippen LogP contribution in [0.4, 0.5) is 5.95 Å². The van der Waals surface area contributed by atoms with Crippen molar-refractivity contribution in [3.05, 3.63) is 18.0 Å². The second-order valence-electron chi connectivity index (χ2n) is 4.35. The molecule has 6 heteroatoms. The van der Waals surface area contributed by atoms with Gasteiger partial charge in [0.2, 0.25) is 5.95 Å². The fourth-order valence-electron chi connectivity index (χ4n) is 1.55. The van der Waals surface area contributed by atoms with Crippen molar-refractivity contribution in [1.29, 1.82) is 0 Å². The van der Waals surface area contributed by atoms with Crippen LogP contribution in [0.5, 0.6) is 0 Å². The van der Waals surface area contributed by atoms with E-state index in [0.717, 1.165) is 44.6 Å². The molecule has 0 bridgehead atoms. The highest BCUT2D eigenvalue weighted by molar-refractivity contribution is 5.24. The topological polar surface area (TPSA) is 82.1 Å². The Labute approximate surface area is 115 Å². The summed E-state index contributed by atoms with van der Waals surface area (Å²) in [6, 6.07) is 0. The van der Waals surface area contributed by atoms with E-state index < -0.39 is 0 Å².